The van der Waals surface area contributed by atoms with Crippen LogP contribution >= 0.6 is 0 Å². The summed E-state index contributed by atoms with van der Waals surface area (Å²) in [6, 6.07) is 19.6. The third-order valence-corrected chi connectivity index (χ3v) is 6.40. The van der Waals surface area contributed by atoms with E-state index >= 15 is 0 Å². The highest BCUT2D eigenvalue weighted by Gasteiger charge is 2.25. The van der Waals surface area contributed by atoms with E-state index in [1.807, 2.05) is 6.07 Å². The van der Waals surface area contributed by atoms with Crippen LogP contribution in [0.3, 0.4) is 0 Å². The second-order valence-electron chi connectivity index (χ2n) is 8.11. The molecule has 0 spiro atoms. The zero-order valence-corrected chi connectivity index (χ0v) is 17.8. The van der Waals surface area contributed by atoms with Gasteiger partial charge < -0.3 is 15.1 Å². The lowest BCUT2D eigenvalue weighted by molar-refractivity contribution is -0.485. The molecule has 4 aromatic rings. The Morgan fingerprint density at radius 1 is 1.12 bits per heavy atom. The standard InChI is InChI=1S/C25H24N4O3/c1-26-25(28-29(30)31)27-15-24-20(12-13-32-24)18-7-6-17-9-10-21-19-5-3-2-4-16(19)8-11-22(21)23(17)14-18/h2-5,8-13,18H,6-7,14-15H2,1H3,(H2,26,27,28). The van der Waals surface area contributed by atoms with E-state index in [9.17, 15) is 10.1 Å². The topological polar surface area (TPSA) is 92.7 Å². The van der Waals surface area contributed by atoms with E-state index in [2.05, 4.69) is 64.3 Å². The Kier molecular flexibility index (Phi) is 5.23. The molecule has 0 amide bonds. The molecule has 1 unspecified atom stereocenters. The second-order valence-corrected chi connectivity index (χ2v) is 8.11. The molecule has 0 radical (unpaired) electrons. The average molecular weight is 428 g/mol. The molecule has 32 heavy (non-hydrogen) atoms. The minimum absolute atomic E-state index is 0.101. The molecule has 0 bridgehead atoms. The van der Waals surface area contributed by atoms with Gasteiger partial charge in [0.15, 0.2) is 5.03 Å². The van der Waals surface area contributed by atoms with Gasteiger partial charge >= 0.3 is 0 Å². The fourth-order valence-corrected chi connectivity index (χ4v) is 4.89. The number of nitrogens with zero attached hydrogens (tertiary/aromatic N) is 2. The van der Waals surface area contributed by atoms with Gasteiger partial charge in [-0.25, -0.2) is 10.1 Å². The molecule has 1 aromatic heterocycles. The molecule has 0 saturated heterocycles. The van der Waals surface area contributed by atoms with Crippen LogP contribution in [0.5, 0.6) is 0 Å². The van der Waals surface area contributed by atoms with Gasteiger partial charge in [-0.15, -0.1) is 0 Å². The van der Waals surface area contributed by atoms with Crippen LogP contribution < -0.4 is 10.6 Å². The molecule has 1 atom stereocenters. The van der Waals surface area contributed by atoms with Gasteiger partial charge in [0.25, 0.3) is 5.96 Å². The smallest absolute Gasteiger partial charge is 0.268 e. The number of nitro groups is 1. The Bertz CT molecular complexity index is 1340. The number of hydrogen-bond donors (Lipinski definition) is 2. The van der Waals surface area contributed by atoms with Crippen LogP contribution in [-0.2, 0) is 19.4 Å². The molecular formula is C25H24N4O3. The highest BCUT2D eigenvalue weighted by atomic mass is 16.7. The van der Waals surface area contributed by atoms with E-state index in [-0.39, 0.29) is 5.96 Å². The average Bonchev–Trinajstić information content (AvgIpc) is 3.29. The minimum Gasteiger partial charge on any atom is -0.467 e. The monoisotopic (exact) mass is 428 g/mol. The first-order valence-corrected chi connectivity index (χ1v) is 10.8. The Balaban J connectivity index is 1.45. The molecule has 2 N–H and O–H groups in total. The molecule has 1 aliphatic carbocycles. The number of nitrogens with one attached hydrogen (secondary N) is 2. The molecule has 5 rings (SSSR count). The largest absolute Gasteiger partial charge is 0.467 e. The molecule has 7 heteroatoms. The summed E-state index contributed by atoms with van der Waals surface area (Å²) in [5.74, 6) is 1.22. The number of furan rings is 1. The van der Waals surface area contributed by atoms with E-state index in [1.54, 1.807) is 13.3 Å². The van der Waals surface area contributed by atoms with Crippen LogP contribution in [0.25, 0.3) is 21.5 Å². The lowest BCUT2D eigenvalue weighted by Crippen LogP contribution is -2.35. The summed E-state index contributed by atoms with van der Waals surface area (Å²) in [5, 5.41) is 24.1. The maximum Gasteiger partial charge on any atom is 0.268 e. The van der Waals surface area contributed by atoms with Crippen LogP contribution in [0.2, 0.25) is 0 Å². The fourth-order valence-electron chi connectivity index (χ4n) is 4.89. The third-order valence-electron chi connectivity index (χ3n) is 6.40. The summed E-state index contributed by atoms with van der Waals surface area (Å²) in [4.78, 5) is 10.7. The molecule has 162 valence electrons. The van der Waals surface area contributed by atoms with Crippen LogP contribution in [-0.4, -0.2) is 18.0 Å². The normalized spacial score (nSPS) is 16.2. The Labute approximate surface area is 185 Å². The van der Waals surface area contributed by atoms with Crippen molar-refractivity contribution in [1.29, 1.82) is 0 Å². The first kappa shape index (κ1) is 20.1. The molecule has 0 aliphatic heterocycles. The maximum absolute atomic E-state index is 10.7. The number of guanidine groups is 1. The first-order valence-electron chi connectivity index (χ1n) is 10.8. The highest BCUT2D eigenvalue weighted by Crippen LogP contribution is 2.39. The Morgan fingerprint density at radius 3 is 2.81 bits per heavy atom. The number of benzene rings is 3. The first-order chi connectivity index (χ1) is 15.6. The zero-order valence-electron chi connectivity index (χ0n) is 17.8. The molecule has 1 heterocycles. The summed E-state index contributed by atoms with van der Waals surface area (Å²) in [7, 11) is 1.59. The van der Waals surface area contributed by atoms with Gasteiger partial charge in [0.1, 0.15) is 10.9 Å². The number of fused-ring (bicyclic) bond motifs is 5. The van der Waals surface area contributed by atoms with Crippen molar-refractivity contribution in [1.82, 2.24) is 10.6 Å². The summed E-state index contributed by atoms with van der Waals surface area (Å²) in [6.45, 7) is 0.333. The van der Waals surface area contributed by atoms with E-state index in [1.165, 1.54) is 32.7 Å². The molecule has 7 nitrogen and oxygen atoms in total. The van der Waals surface area contributed by atoms with Gasteiger partial charge in [-0.1, -0.05) is 48.5 Å². The number of hydrogen-bond acceptors (Lipinski definition) is 3. The summed E-state index contributed by atoms with van der Waals surface area (Å²) in [6.07, 6.45) is 4.70. The van der Waals surface area contributed by atoms with E-state index in [4.69, 9.17) is 4.42 Å². The van der Waals surface area contributed by atoms with Gasteiger partial charge in [-0.05, 0) is 69.5 Å². The zero-order chi connectivity index (χ0) is 22.1. The third kappa shape index (κ3) is 3.66. The van der Waals surface area contributed by atoms with Crippen molar-refractivity contribution in [3.05, 3.63) is 93.4 Å². The van der Waals surface area contributed by atoms with Crippen molar-refractivity contribution < 1.29 is 9.45 Å². The van der Waals surface area contributed by atoms with Crippen molar-refractivity contribution in [3.63, 3.8) is 0 Å². The van der Waals surface area contributed by atoms with Crippen molar-refractivity contribution in [2.24, 2.45) is 5.10 Å². The lowest BCUT2D eigenvalue weighted by atomic mass is 9.78. The quantitative estimate of drug-likeness (QED) is 0.161. The lowest BCUT2D eigenvalue weighted by Gasteiger charge is -2.26. The highest BCUT2D eigenvalue weighted by molar-refractivity contribution is 6.08. The van der Waals surface area contributed by atoms with Crippen molar-refractivity contribution in [2.45, 2.75) is 31.7 Å². The van der Waals surface area contributed by atoms with Crippen LogP contribution in [0, 0.1) is 10.1 Å². The van der Waals surface area contributed by atoms with Gasteiger partial charge in [0.2, 0.25) is 0 Å². The van der Waals surface area contributed by atoms with Crippen molar-refractivity contribution in [2.75, 3.05) is 7.05 Å². The number of rotatable bonds is 4. The Morgan fingerprint density at radius 2 is 1.97 bits per heavy atom. The summed E-state index contributed by atoms with van der Waals surface area (Å²) >= 11 is 0. The second kappa shape index (κ2) is 8.34. The molecule has 3 aromatic carbocycles. The maximum atomic E-state index is 10.7. The predicted octanol–water partition coefficient (Wildman–Crippen LogP) is 4.72. The minimum atomic E-state index is -0.727. The van der Waals surface area contributed by atoms with Crippen molar-refractivity contribution in [3.8, 4) is 0 Å². The van der Waals surface area contributed by atoms with E-state index in [0.29, 0.717) is 12.5 Å². The van der Waals surface area contributed by atoms with Gasteiger partial charge in [-0.2, -0.15) is 0 Å². The molecular weight excluding hydrogens is 404 g/mol. The van der Waals surface area contributed by atoms with Crippen LogP contribution in [0.15, 0.2) is 70.4 Å². The fraction of sp³-hybridized carbons (Fsp3) is 0.240. The number of aryl methyl sites for hydroxylation is 1. The molecule has 0 fully saturated rings. The van der Waals surface area contributed by atoms with Crippen LogP contribution in [0.4, 0.5) is 0 Å². The Hall–Kier alpha value is -3.87. The SMILES string of the molecule is CNC(=N[N+](=O)[O-])NCc1occc1C1CCc2ccc3c(ccc4ccccc43)c2C1. The van der Waals surface area contributed by atoms with Crippen LogP contribution in [0.1, 0.15) is 34.8 Å². The van der Waals surface area contributed by atoms with Gasteiger partial charge in [0.05, 0.1) is 12.8 Å². The molecule has 0 saturated carbocycles. The predicted molar refractivity (Wildman–Crippen MR) is 125 cm³/mol. The van der Waals surface area contributed by atoms with Gasteiger partial charge in [0, 0.05) is 7.05 Å². The molecule has 1 aliphatic rings. The summed E-state index contributed by atoms with van der Waals surface area (Å²) in [5.41, 5.74) is 3.98. The van der Waals surface area contributed by atoms with E-state index in [0.717, 1.165) is 30.6 Å². The van der Waals surface area contributed by atoms with E-state index < -0.39 is 5.03 Å². The van der Waals surface area contributed by atoms with Crippen molar-refractivity contribution >= 4 is 27.5 Å². The number of hydrazone groups is 1. The summed E-state index contributed by atoms with van der Waals surface area (Å²) < 4.78 is 5.74. The van der Waals surface area contributed by atoms with Gasteiger partial charge in [-0.3, -0.25) is 0 Å².